The number of benzene rings is 2. The number of halogens is 2. The van der Waals surface area contributed by atoms with Gasteiger partial charge in [0.1, 0.15) is 11.6 Å². The highest BCUT2D eigenvalue weighted by Gasteiger charge is 2.30. The quantitative estimate of drug-likeness (QED) is 0.865. The Morgan fingerprint density at radius 3 is 2.29 bits per heavy atom. The van der Waals surface area contributed by atoms with Gasteiger partial charge in [-0.1, -0.05) is 18.2 Å². The topological polar surface area (TPSA) is 32.3 Å². The van der Waals surface area contributed by atoms with Gasteiger partial charge in [0.25, 0.3) is 0 Å². The van der Waals surface area contributed by atoms with Gasteiger partial charge in [0.15, 0.2) is 0 Å². The molecule has 1 saturated carbocycles. The molecule has 0 saturated heterocycles. The van der Waals surface area contributed by atoms with Crippen molar-refractivity contribution in [3.05, 3.63) is 65.2 Å². The van der Waals surface area contributed by atoms with E-state index in [0.717, 1.165) is 24.1 Å². The Hall–Kier alpha value is -2.43. The molecule has 1 aliphatic carbocycles. The van der Waals surface area contributed by atoms with Gasteiger partial charge in [-0.25, -0.2) is 8.78 Å². The Labute approximate surface area is 140 Å². The molecule has 1 amide bonds. The summed E-state index contributed by atoms with van der Waals surface area (Å²) in [6.07, 6.45) is 2.15. The van der Waals surface area contributed by atoms with Gasteiger partial charge in [0.2, 0.25) is 5.91 Å². The number of carbonyl (C=O) groups is 1. The van der Waals surface area contributed by atoms with Crippen molar-refractivity contribution in [3.63, 3.8) is 0 Å². The average Bonchev–Trinajstić information content (AvgIpc) is 3.38. The number of carbonyl (C=O) groups excluding carboxylic acids is 1. The van der Waals surface area contributed by atoms with Crippen LogP contribution in [0.3, 0.4) is 0 Å². The largest absolute Gasteiger partial charge is 0.381 e. The van der Waals surface area contributed by atoms with Crippen LogP contribution in [0.2, 0.25) is 0 Å². The predicted octanol–water partition coefficient (Wildman–Crippen LogP) is 4.09. The monoisotopic (exact) mass is 330 g/mol. The van der Waals surface area contributed by atoms with Crippen molar-refractivity contribution in [2.24, 2.45) is 0 Å². The van der Waals surface area contributed by atoms with Crippen LogP contribution in [0.25, 0.3) is 0 Å². The van der Waals surface area contributed by atoms with Crippen LogP contribution in [-0.4, -0.2) is 16.8 Å². The van der Waals surface area contributed by atoms with Crippen molar-refractivity contribution in [2.45, 2.75) is 38.9 Å². The fourth-order valence-electron chi connectivity index (χ4n) is 2.70. The first-order valence-electron chi connectivity index (χ1n) is 8.07. The summed E-state index contributed by atoms with van der Waals surface area (Å²) in [7, 11) is 0. The smallest absolute Gasteiger partial charge is 0.219 e. The number of amides is 1. The summed E-state index contributed by atoms with van der Waals surface area (Å²) >= 11 is 0. The van der Waals surface area contributed by atoms with Crippen LogP contribution < -0.4 is 5.32 Å². The van der Waals surface area contributed by atoms with Crippen LogP contribution in [0, 0.1) is 11.6 Å². The molecule has 1 fully saturated rings. The van der Waals surface area contributed by atoms with Crippen LogP contribution >= 0.6 is 0 Å². The molecule has 24 heavy (non-hydrogen) atoms. The first kappa shape index (κ1) is 16.4. The van der Waals surface area contributed by atoms with E-state index in [1.54, 1.807) is 6.92 Å². The summed E-state index contributed by atoms with van der Waals surface area (Å²) in [6, 6.07) is 11.8. The average molecular weight is 330 g/mol. The molecule has 0 heterocycles. The van der Waals surface area contributed by atoms with E-state index in [4.69, 9.17) is 0 Å². The lowest BCUT2D eigenvalue weighted by Crippen LogP contribution is -2.30. The molecule has 1 aliphatic rings. The molecule has 3 nitrogen and oxygen atoms in total. The zero-order valence-electron chi connectivity index (χ0n) is 13.6. The number of rotatable bonds is 6. The summed E-state index contributed by atoms with van der Waals surface area (Å²) in [4.78, 5) is 13.5. The van der Waals surface area contributed by atoms with Crippen LogP contribution in [0.4, 0.5) is 14.5 Å². The summed E-state index contributed by atoms with van der Waals surface area (Å²) < 4.78 is 27.2. The third-order valence-corrected chi connectivity index (χ3v) is 4.23. The van der Waals surface area contributed by atoms with E-state index in [0.29, 0.717) is 12.6 Å². The van der Waals surface area contributed by atoms with Gasteiger partial charge in [0, 0.05) is 37.3 Å². The molecule has 5 heteroatoms. The van der Waals surface area contributed by atoms with E-state index in [1.807, 2.05) is 29.2 Å². The second-order valence-corrected chi connectivity index (χ2v) is 6.13. The molecule has 0 bridgehead atoms. The van der Waals surface area contributed by atoms with Crippen molar-refractivity contribution < 1.29 is 13.6 Å². The maximum atomic E-state index is 13.6. The summed E-state index contributed by atoms with van der Waals surface area (Å²) in [6.45, 7) is 2.28. The van der Waals surface area contributed by atoms with E-state index in [-0.39, 0.29) is 18.0 Å². The molecular weight excluding hydrogens is 310 g/mol. The SMILES string of the molecule is CC(=O)N(Cc1ccc(NCc2c(F)cccc2F)cc1)C1CC1. The first-order valence-corrected chi connectivity index (χ1v) is 8.07. The lowest BCUT2D eigenvalue weighted by Gasteiger charge is -2.20. The molecule has 2 aromatic rings. The van der Waals surface area contributed by atoms with Crippen molar-refractivity contribution in [1.29, 1.82) is 0 Å². The number of nitrogens with zero attached hydrogens (tertiary/aromatic N) is 1. The number of anilines is 1. The zero-order chi connectivity index (χ0) is 17.1. The van der Waals surface area contributed by atoms with Crippen molar-refractivity contribution in [3.8, 4) is 0 Å². The Bertz CT molecular complexity index is 706. The van der Waals surface area contributed by atoms with Gasteiger partial charge >= 0.3 is 0 Å². The molecule has 0 spiro atoms. The molecule has 1 N–H and O–H groups in total. The maximum absolute atomic E-state index is 13.6. The van der Waals surface area contributed by atoms with Gasteiger partial charge < -0.3 is 10.2 Å². The normalized spacial score (nSPS) is 13.6. The fraction of sp³-hybridized carbons (Fsp3) is 0.316. The minimum atomic E-state index is -0.555. The third-order valence-electron chi connectivity index (χ3n) is 4.23. The highest BCUT2D eigenvalue weighted by molar-refractivity contribution is 5.74. The van der Waals surface area contributed by atoms with E-state index in [9.17, 15) is 13.6 Å². The fourth-order valence-corrected chi connectivity index (χ4v) is 2.70. The Kier molecular flexibility index (Phi) is 4.79. The van der Waals surface area contributed by atoms with Gasteiger partial charge in [-0.3, -0.25) is 4.79 Å². The molecule has 0 atom stereocenters. The third kappa shape index (κ3) is 3.91. The highest BCUT2D eigenvalue weighted by atomic mass is 19.1. The van der Waals surface area contributed by atoms with Gasteiger partial charge in [-0.2, -0.15) is 0 Å². The van der Waals surface area contributed by atoms with Gasteiger partial charge in [-0.05, 0) is 42.7 Å². The van der Waals surface area contributed by atoms with Crippen LogP contribution in [-0.2, 0) is 17.9 Å². The standard InChI is InChI=1S/C19H20F2N2O/c1-13(24)23(16-9-10-16)12-14-5-7-15(8-6-14)22-11-17-18(20)3-2-4-19(17)21/h2-8,16,22H,9-12H2,1H3. The number of nitrogens with one attached hydrogen (secondary N) is 1. The molecule has 3 rings (SSSR count). The van der Waals surface area contributed by atoms with Crippen molar-refractivity contribution >= 4 is 11.6 Å². The number of hydrogen-bond acceptors (Lipinski definition) is 2. The van der Waals surface area contributed by atoms with E-state index in [2.05, 4.69) is 5.32 Å². The summed E-state index contributed by atoms with van der Waals surface area (Å²) in [5.74, 6) is -1.02. The lowest BCUT2D eigenvalue weighted by molar-refractivity contribution is -0.130. The van der Waals surface area contributed by atoms with Crippen molar-refractivity contribution in [2.75, 3.05) is 5.32 Å². The minimum Gasteiger partial charge on any atom is -0.381 e. The number of hydrogen-bond donors (Lipinski definition) is 1. The Morgan fingerprint density at radius 2 is 1.75 bits per heavy atom. The summed E-state index contributed by atoms with van der Waals surface area (Å²) in [5, 5.41) is 3.02. The van der Waals surface area contributed by atoms with E-state index in [1.165, 1.54) is 18.2 Å². The molecular formula is C19H20F2N2O. The maximum Gasteiger partial charge on any atom is 0.219 e. The first-order chi connectivity index (χ1) is 11.5. The molecule has 0 aromatic heterocycles. The Balaban J connectivity index is 1.61. The van der Waals surface area contributed by atoms with Gasteiger partial charge in [-0.15, -0.1) is 0 Å². The van der Waals surface area contributed by atoms with Crippen molar-refractivity contribution in [1.82, 2.24) is 4.90 Å². The predicted molar refractivity (Wildman–Crippen MR) is 89.4 cm³/mol. The second kappa shape index (κ2) is 6.99. The second-order valence-electron chi connectivity index (χ2n) is 6.13. The lowest BCUT2D eigenvalue weighted by atomic mass is 10.1. The van der Waals surface area contributed by atoms with Crippen LogP contribution in [0.1, 0.15) is 30.9 Å². The van der Waals surface area contributed by atoms with E-state index < -0.39 is 11.6 Å². The molecule has 126 valence electrons. The molecule has 0 unspecified atom stereocenters. The van der Waals surface area contributed by atoms with Crippen LogP contribution in [0.5, 0.6) is 0 Å². The highest BCUT2D eigenvalue weighted by Crippen LogP contribution is 2.28. The zero-order valence-corrected chi connectivity index (χ0v) is 13.6. The minimum absolute atomic E-state index is 0.0260. The van der Waals surface area contributed by atoms with Gasteiger partial charge in [0.05, 0.1) is 0 Å². The Morgan fingerprint density at radius 1 is 1.12 bits per heavy atom. The molecule has 2 aromatic carbocycles. The van der Waals surface area contributed by atoms with E-state index >= 15 is 0 Å². The molecule has 0 aliphatic heterocycles. The summed E-state index contributed by atoms with van der Waals surface area (Å²) in [5.41, 5.74) is 1.85. The molecule has 0 radical (unpaired) electrons. The van der Waals surface area contributed by atoms with Crippen LogP contribution in [0.15, 0.2) is 42.5 Å².